The number of aromatic nitrogens is 1. The Morgan fingerprint density at radius 2 is 2.05 bits per heavy atom. The third-order valence-corrected chi connectivity index (χ3v) is 3.35. The van der Waals surface area contributed by atoms with Crippen molar-refractivity contribution >= 4 is 28.6 Å². The molecule has 0 bridgehead atoms. The van der Waals surface area contributed by atoms with Crippen LogP contribution in [0.25, 0.3) is 0 Å². The van der Waals surface area contributed by atoms with Crippen molar-refractivity contribution in [2.24, 2.45) is 0 Å². The maximum Gasteiger partial charge on any atom is 0.422 e. The Kier molecular flexibility index (Phi) is 4.72. The van der Waals surface area contributed by atoms with E-state index in [2.05, 4.69) is 10.3 Å². The van der Waals surface area contributed by atoms with Gasteiger partial charge in [0.15, 0.2) is 6.61 Å². The number of nitrogens with zero attached hydrogens (tertiary/aromatic N) is 1. The average Bonchev–Trinajstić information content (AvgIpc) is 2.80. The van der Waals surface area contributed by atoms with E-state index >= 15 is 0 Å². The van der Waals surface area contributed by atoms with Crippen molar-refractivity contribution in [1.82, 2.24) is 4.98 Å². The lowest BCUT2D eigenvalue weighted by Gasteiger charge is -2.13. The van der Waals surface area contributed by atoms with Crippen LogP contribution in [0.4, 0.5) is 18.9 Å². The van der Waals surface area contributed by atoms with Crippen molar-refractivity contribution in [2.45, 2.75) is 12.7 Å². The van der Waals surface area contributed by atoms with E-state index in [0.717, 1.165) is 5.01 Å². The number of thiazole rings is 1. The predicted molar refractivity (Wildman–Crippen MR) is 72.4 cm³/mol. The Morgan fingerprint density at radius 3 is 2.70 bits per heavy atom. The highest BCUT2D eigenvalue weighted by Crippen LogP contribution is 2.27. The quantitative estimate of drug-likeness (QED) is 0.888. The third kappa shape index (κ3) is 4.57. The Hall–Kier alpha value is -1.47. The molecule has 0 aliphatic heterocycles. The van der Waals surface area contributed by atoms with Gasteiger partial charge < -0.3 is 10.1 Å². The van der Waals surface area contributed by atoms with E-state index in [4.69, 9.17) is 16.3 Å². The molecule has 0 unspecified atom stereocenters. The minimum Gasteiger partial charge on any atom is -0.482 e. The maximum atomic E-state index is 12.2. The fourth-order valence-corrected chi connectivity index (χ4v) is 2.33. The van der Waals surface area contributed by atoms with Gasteiger partial charge >= 0.3 is 6.18 Å². The molecule has 2 aromatic rings. The molecular weight excluding hydrogens is 313 g/mol. The number of hydrogen-bond acceptors (Lipinski definition) is 4. The van der Waals surface area contributed by atoms with Crippen LogP contribution in [0.3, 0.4) is 0 Å². The van der Waals surface area contributed by atoms with Gasteiger partial charge in [-0.2, -0.15) is 13.2 Å². The van der Waals surface area contributed by atoms with Crippen LogP contribution in [0, 0.1) is 0 Å². The first-order chi connectivity index (χ1) is 9.44. The zero-order valence-corrected chi connectivity index (χ0v) is 11.6. The minimum atomic E-state index is -4.37. The second-order valence-electron chi connectivity index (χ2n) is 3.81. The second-order valence-corrected chi connectivity index (χ2v) is 5.56. The average molecular weight is 323 g/mol. The molecule has 0 amide bonds. The summed E-state index contributed by atoms with van der Waals surface area (Å²) in [7, 11) is 0. The van der Waals surface area contributed by atoms with Gasteiger partial charge in [-0.15, -0.1) is 11.3 Å². The van der Waals surface area contributed by atoms with Crippen LogP contribution in [-0.2, 0) is 6.54 Å². The highest BCUT2D eigenvalue weighted by Gasteiger charge is 2.28. The van der Waals surface area contributed by atoms with Gasteiger partial charge in [-0.25, -0.2) is 4.98 Å². The third-order valence-electron chi connectivity index (χ3n) is 2.23. The molecule has 108 valence electrons. The summed E-state index contributed by atoms with van der Waals surface area (Å²) in [5, 5.41) is 3.71. The van der Waals surface area contributed by atoms with Gasteiger partial charge in [0.2, 0.25) is 0 Å². The number of rotatable bonds is 5. The van der Waals surface area contributed by atoms with E-state index in [9.17, 15) is 13.2 Å². The van der Waals surface area contributed by atoms with E-state index in [1.54, 1.807) is 18.2 Å². The van der Waals surface area contributed by atoms with Gasteiger partial charge in [0.25, 0.3) is 0 Å². The molecule has 0 atom stereocenters. The molecule has 1 aromatic carbocycles. The zero-order valence-electron chi connectivity index (χ0n) is 10.1. The van der Waals surface area contributed by atoms with Crippen LogP contribution < -0.4 is 10.1 Å². The monoisotopic (exact) mass is 322 g/mol. The van der Waals surface area contributed by atoms with Crippen LogP contribution in [0.5, 0.6) is 5.75 Å². The van der Waals surface area contributed by atoms with Gasteiger partial charge in [-0.05, 0) is 12.1 Å². The zero-order chi connectivity index (χ0) is 14.6. The SMILES string of the molecule is FC(F)(F)COc1ccccc1NCc1ncc(Cl)s1. The van der Waals surface area contributed by atoms with Gasteiger partial charge in [-0.1, -0.05) is 23.7 Å². The lowest BCUT2D eigenvalue weighted by Crippen LogP contribution is -2.19. The highest BCUT2D eigenvalue weighted by molar-refractivity contribution is 7.15. The number of benzene rings is 1. The second kappa shape index (κ2) is 6.32. The smallest absolute Gasteiger partial charge is 0.422 e. The molecule has 0 spiro atoms. The van der Waals surface area contributed by atoms with Crippen molar-refractivity contribution in [3.63, 3.8) is 0 Å². The lowest BCUT2D eigenvalue weighted by atomic mass is 10.3. The van der Waals surface area contributed by atoms with Gasteiger partial charge in [-0.3, -0.25) is 0 Å². The van der Waals surface area contributed by atoms with Crippen LogP contribution in [0.15, 0.2) is 30.5 Å². The molecule has 0 saturated carbocycles. The van der Waals surface area contributed by atoms with E-state index in [-0.39, 0.29) is 5.75 Å². The van der Waals surface area contributed by atoms with Crippen molar-refractivity contribution < 1.29 is 17.9 Å². The molecule has 0 aliphatic rings. The molecule has 20 heavy (non-hydrogen) atoms. The lowest BCUT2D eigenvalue weighted by molar-refractivity contribution is -0.153. The summed E-state index contributed by atoms with van der Waals surface area (Å²) in [6.45, 7) is -0.960. The van der Waals surface area contributed by atoms with Gasteiger partial charge in [0.05, 0.1) is 18.4 Å². The molecule has 3 nitrogen and oxygen atoms in total. The number of halogens is 4. The number of alkyl halides is 3. The Balaban J connectivity index is 2.00. The molecule has 0 fully saturated rings. The highest BCUT2D eigenvalue weighted by atomic mass is 35.5. The topological polar surface area (TPSA) is 34.1 Å². The molecular formula is C12H10ClF3N2OS. The van der Waals surface area contributed by atoms with Crippen LogP contribution >= 0.6 is 22.9 Å². The summed E-state index contributed by atoms with van der Waals surface area (Å²) in [6.07, 6.45) is -2.84. The first-order valence-corrected chi connectivity index (χ1v) is 6.76. The fourth-order valence-electron chi connectivity index (χ4n) is 1.44. The number of hydrogen-bond donors (Lipinski definition) is 1. The predicted octanol–water partition coefficient (Wildman–Crippen LogP) is 4.35. The first-order valence-electron chi connectivity index (χ1n) is 5.57. The Bertz CT molecular complexity index is 574. The van der Waals surface area contributed by atoms with Crippen LogP contribution in [0.1, 0.15) is 5.01 Å². The van der Waals surface area contributed by atoms with Crippen molar-refractivity contribution in [1.29, 1.82) is 0 Å². The number of nitrogens with one attached hydrogen (secondary N) is 1. The molecule has 8 heteroatoms. The fraction of sp³-hybridized carbons (Fsp3) is 0.250. The van der Waals surface area contributed by atoms with Crippen molar-refractivity contribution in [3.8, 4) is 5.75 Å². The summed E-state index contributed by atoms with van der Waals surface area (Å²) >= 11 is 7.05. The molecule has 0 saturated heterocycles. The van der Waals surface area contributed by atoms with Gasteiger partial charge in [0, 0.05) is 0 Å². The van der Waals surface area contributed by atoms with E-state index in [1.807, 2.05) is 0 Å². The summed E-state index contributed by atoms with van der Waals surface area (Å²) in [5.74, 6) is 0.146. The molecule has 0 radical (unpaired) electrons. The maximum absolute atomic E-state index is 12.2. The number of ether oxygens (including phenoxy) is 1. The molecule has 0 aliphatic carbocycles. The van der Waals surface area contributed by atoms with Crippen LogP contribution in [0.2, 0.25) is 4.34 Å². The van der Waals surface area contributed by atoms with Crippen molar-refractivity contribution in [3.05, 3.63) is 39.8 Å². The van der Waals surface area contributed by atoms with E-state index in [1.165, 1.54) is 23.6 Å². The Labute approximate surface area is 122 Å². The number of anilines is 1. The summed E-state index contributed by atoms with van der Waals surface area (Å²) in [5.41, 5.74) is 0.475. The van der Waals surface area contributed by atoms with Crippen LogP contribution in [-0.4, -0.2) is 17.8 Å². The largest absolute Gasteiger partial charge is 0.482 e. The molecule has 1 heterocycles. The minimum absolute atomic E-state index is 0.146. The summed E-state index contributed by atoms with van der Waals surface area (Å²) in [4.78, 5) is 4.05. The molecule has 1 N–H and O–H groups in total. The standard InChI is InChI=1S/C12H10ClF3N2OS/c13-10-5-18-11(20-10)6-17-8-3-1-2-4-9(8)19-7-12(14,15)16/h1-5,17H,6-7H2. The molecule has 2 rings (SSSR count). The summed E-state index contributed by atoms with van der Waals surface area (Å²) in [6, 6.07) is 6.43. The van der Waals surface area contributed by atoms with Gasteiger partial charge in [0.1, 0.15) is 15.1 Å². The Morgan fingerprint density at radius 1 is 1.30 bits per heavy atom. The van der Waals surface area contributed by atoms with E-state index < -0.39 is 12.8 Å². The van der Waals surface area contributed by atoms with Crippen molar-refractivity contribution in [2.75, 3.05) is 11.9 Å². The van der Waals surface area contributed by atoms with E-state index in [0.29, 0.717) is 16.6 Å². The first kappa shape index (κ1) is 14.9. The molecule has 1 aromatic heterocycles. The normalized spacial score (nSPS) is 11.4. The number of para-hydroxylation sites is 2. The summed E-state index contributed by atoms with van der Waals surface area (Å²) < 4.78 is 41.8.